The van der Waals surface area contributed by atoms with Crippen LogP contribution in [0.25, 0.3) is 5.57 Å². The number of unbranched alkanes of at least 4 members (excludes halogenated alkanes) is 3. The van der Waals surface area contributed by atoms with Crippen molar-refractivity contribution in [3.8, 4) is 0 Å². The Bertz CT molecular complexity index is 431. The van der Waals surface area contributed by atoms with E-state index in [-0.39, 0.29) is 0 Å². The summed E-state index contributed by atoms with van der Waals surface area (Å²) in [5.74, 6) is 2.16. The summed E-state index contributed by atoms with van der Waals surface area (Å²) in [4.78, 5) is 2.35. The van der Waals surface area contributed by atoms with Gasteiger partial charge in [0, 0.05) is 13.1 Å². The zero-order valence-corrected chi connectivity index (χ0v) is 14.6. The lowest BCUT2D eigenvalue weighted by Gasteiger charge is -2.22. The van der Waals surface area contributed by atoms with Gasteiger partial charge >= 0.3 is 0 Å². The third kappa shape index (κ3) is 5.06. The van der Waals surface area contributed by atoms with Crippen LogP contribution in [0.4, 0.5) is 0 Å². The molecule has 0 saturated heterocycles. The number of likely N-dealkylation sites (N-methyl/N-ethyl adjacent to an activating group) is 1. The number of nitrogens with zero attached hydrogens (tertiary/aromatic N) is 3. The Morgan fingerprint density at radius 3 is 2.95 bits per heavy atom. The van der Waals surface area contributed by atoms with Crippen LogP contribution in [-0.2, 0) is 0 Å². The predicted octanol–water partition coefficient (Wildman–Crippen LogP) is 3.84. The summed E-state index contributed by atoms with van der Waals surface area (Å²) in [6.45, 7) is 2.15. The maximum atomic E-state index is 4.51. The highest BCUT2D eigenvalue weighted by Crippen LogP contribution is 2.29. The number of hydrogen-bond acceptors (Lipinski definition) is 6. The van der Waals surface area contributed by atoms with Gasteiger partial charge in [0.1, 0.15) is 10.7 Å². The van der Waals surface area contributed by atoms with Gasteiger partial charge in [-0.3, -0.25) is 0 Å². The molecule has 6 heteroatoms. The van der Waals surface area contributed by atoms with Gasteiger partial charge in [-0.1, -0.05) is 18.9 Å². The highest BCUT2D eigenvalue weighted by molar-refractivity contribution is 7.99. The molecule has 2 rings (SSSR count). The molecule has 2 heterocycles. The predicted molar refractivity (Wildman–Crippen MR) is 93.0 cm³/mol. The Morgan fingerprint density at radius 1 is 1.30 bits per heavy atom. The molecular weight excluding hydrogens is 306 g/mol. The van der Waals surface area contributed by atoms with Crippen LogP contribution in [0.1, 0.15) is 37.8 Å². The first-order chi connectivity index (χ1) is 9.81. The summed E-state index contributed by atoms with van der Waals surface area (Å²) in [6, 6.07) is 0. The smallest absolute Gasteiger partial charge is 0.138 e. The molecule has 0 aliphatic carbocycles. The normalized spacial score (nSPS) is 16.4. The first-order valence-electron chi connectivity index (χ1n) is 7.25. The topological polar surface area (TPSA) is 29.0 Å². The van der Waals surface area contributed by atoms with Crippen LogP contribution in [0.5, 0.6) is 0 Å². The molecule has 1 aliphatic heterocycles. The number of thioether (sulfide) groups is 1. The van der Waals surface area contributed by atoms with Crippen LogP contribution >= 0.6 is 36.1 Å². The maximum Gasteiger partial charge on any atom is 0.138 e. The van der Waals surface area contributed by atoms with Gasteiger partial charge in [0.15, 0.2) is 0 Å². The van der Waals surface area contributed by atoms with Crippen molar-refractivity contribution in [2.75, 3.05) is 31.6 Å². The van der Waals surface area contributed by atoms with Crippen LogP contribution in [0.2, 0.25) is 0 Å². The van der Waals surface area contributed by atoms with Crippen LogP contribution in [0.3, 0.4) is 0 Å². The first kappa shape index (κ1) is 16.3. The van der Waals surface area contributed by atoms with Crippen LogP contribution in [0, 0.1) is 0 Å². The van der Waals surface area contributed by atoms with Gasteiger partial charge < -0.3 is 4.90 Å². The molecule has 0 aromatic carbocycles. The zero-order chi connectivity index (χ0) is 14.2. The SMILES string of the molecule is CN1CCC=C(c2nsnc2SCCCCCCS)C1. The van der Waals surface area contributed by atoms with Gasteiger partial charge in [-0.05, 0) is 43.4 Å². The van der Waals surface area contributed by atoms with Gasteiger partial charge in [0.25, 0.3) is 0 Å². The van der Waals surface area contributed by atoms with Crippen LogP contribution in [0.15, 0.2) is 11.1 Å². The van der Waals surface area contributed by atoms with Crippen molar-refractivity contribution in [3.05, 3.63) is 11.8 Å². The second kappa shape index (κ2) is 9.07. The molecule has 0 fully saturated rings. The lowest BCUT2D eigenvalue weighted by molar-refractivity contribution is 0.372. The summed E-state index contributed by atoms with van der Waals surface area (Å²) in [5, 5.41) is 1.13. The summed E-state index contributed by atoms with van der Waals surface area (Å²) in [7, 11) is 2.17. The minimum absolute atomic E-state index is 1.00. The maximum absolute atomic E-state index is 4.51. The number of rotatable bonds is 8. The Hall–Kier alpha value is -0.0400. The zero-order valence-electron chi connectivity index (χ0n) is 12.0. The minimum atomic E-state index is 1.00. The molecule has 1 aromatic rings. The molecule has 0 unspecified atom stereocenters. The Kier molecular flexibility index (Phi) is 7.41. The third-order valence-electron chi connectivity index (χ3n) is 3.40. The minimum Gasteiger partial charge on any atom is -0.302 e. The lowest BCUT2D eigenvalue weighted by atomic mass is 10.1. The van der Waals surface area contributed by atoms with Crippen molar-refractivity contribution in [2.45, 2.75) is 37.1 Å². The van der Waals surface area contributed by atoms with Crippen molar-refractivity contribution in [1.29, 1.82) is 0 Å². The number of hydrogen-bond donors (Lipinski definition) is 1. The Balaban J connectivity index is 1.81. The monoisotopic (exact) mass is 329 g/mol. The molecule has 112 valence electrons. The second-order valence-electron chi connectivity index (χ2n) is 5.16. The van der Waals surface area contributed by atoms with E-state index < -0.39 is 0 Å². The first-order valence-corrected chi connectivity index (χ1v) is 9.60. The molecule has 0 atom stereocenters. The van der Waals surface area contributed by atoms with Crippen molar-refractivity contribution in [2.24, 2.45) is 0 Å². The van der Waals surface area contributed by atoms with E-state index in [1.165, 1.54) is 43.0 Å². The molecule has 0 N–H and O–H groups in total. The fraction of sp³-hybridized carbons (Fsp3) is 0.714. The van der Waals surface area contributed by atoms with Gasteiger partial charge in [0.2, 0.25) is 0 Å². The molecular formula is C14H23N3S3. The average Bonchev–Trinajstić information content (AvgIpc) is 2.91. The van der Waals surface area contributed by atoms with E-state index in [4.69, 9.17) is 0 Å². The lowest BCUT2D eigenvalue weighted by Crippen LogP contribution is -2.25. The standard InChI is InChI=1S/C14H23N3S3/c1-17-8-6-7-12(11-17)13-14(16-20-15-13)19-10-5-3-2-4-9-18/h7,18H,2-6,8-11H2,1H3. The fourth-order valence-electron chi connectivity index (χ4n) is 2.27. The summed E-state index contributed by atoms with van der Waals surface area (Å²) in [6.07, 6.45) is 8.53. The molecule has 0 radical (unpaired) electrons. The van der Waals surface area contributed by atoms with Crippen molar-refractivity contribution >= 4 is 41.7 Å². The van der Waals surface area contributed by atoms with Crippen LogP contribution in [-0.4, -0.2) is 45.3 Å². The summed E-state index contributed by atoms with van der Waals surface area (Å²) < 4.78 is 8.98. The quantitative estimate of drug-likeness (QED) is 0.446. The molecule has 0 spiro atoms. The Morgan fingerprint density at radius 2 is 2.15 bits per heavy atom. The van der Waals surface area contributed by atoms with E-state index in [0.29, 0.717) is 0 Å². The Labute approximate surface area is 136 Å². The van der Waals surface area contributed by atoms with Crippen molar-refractivity contribution < 1.29 is 0 Å². The third-order valence-corrected chi connectivity index (χ3v) is 5.41. The number of thiol groups is 1. The summed E-state index contributed by atoms with van der Waals surface area (Å²) >= 11 is 7.45. The second-order valence-corrected chi connectivity index (χ2v) is 7.22. The number of aromatic nitrogens is 2. The van der Waals surface area contributed by atoms with E-state index in [1.54, 1.807) is 0 Å². The van der Waals surface area contributed by atoms with E-state index in [1.807, 2.05) is 11.8 Å². The molecule has 3 nitrogen and oxygen atoms in total. The average molecular weight is 330 g/mol. The molecule has 0 amide bonds. The molecule has 0 bridgehead atoms. The fourth-order valence-corrected chi connectivity index (χ4v) is 4.21. The molecule has 0 saturated carbocycles. The highest BCUT2D eigenvalue weighted by Gasteiger charge is 2.17. The van der Waals surface area contributed by atoms with E-state index in [9.17, 15) is 0 Å². The van der Waals surface area contributed by atoms with Crippen molar-refractivity contribution in [1.82, 2.24) is 13.6 Å². The highest BCUT2D eigenvalue weighted by atomic mass is 32.2. The molecule has 20 heavy (non-hydrogen) atoms. The van der Waals surface area contributed by atoms with Crippen LogP contribution < -0.4 is 0 Å². The van der Waals surface area contributed by atoms with Crippen molar-refractivity contribution in [3.63, 3.8) is 0 Å². The van der Waals surface area contributed by atoms with E-state index in [0.717, 1.165) is 41.7 Å². The largest absolute Gasteiger partial charge is 0.302 e. The van der Waals surface area contributed by atoms with Gasteiger partial charge in [-0.25, -0.2) is 0 Å². The van der Waals surface area contributed by atoms with Gasteiger partial charge in [-0.2, -0.15) is 21.4 Å². The van der Waals surface area contributed by atoms with Gasteiger partial charge in [-0.15, -0.1) is 11.8 Å². The molecule has 1 aliphatic rings. The van der Waals surface area contributed by atoms with E-state index >= 15 is 0 Å². The summed E-state index contributed by atoms with van der Waals surface area (Å²) in [5.41, 5.74) is 2.48. The van der Waals surface area contributed by atoms with E-state index in [2.05, 4.69) is 39.4 Å². The van der Waals surface area contributed by atoms with Gasteiger partial charge in [0.05, 0.1) is 11.7 Å². The molecule has 1 aromatic heterocycles.